The smallest absolute Gasteiger partial charge is 0.255 e. The molecule has 3 N–H and O–H groups in total. The van der Waals surface area contributed by atoms with Gasteiger partial charge in [0.25, 0.3) is 5.91 Å². The summed E-state index contributed by atoms with van der Waals surface area (Å²) in [6, 6.07) is 6.44. The molecule has 2 amide bonds. The number of likely N-dealkylation sites (tertiary alicyclic amines) is 1. The molecule has 2 aliphatic heterocycles. The van der Waals surface area contributed by atoms with Crippen molar-refractivity contribution in [2.75, 3.05) is 38.1 Å². The van der Waals surface area contributed by atoms with Crippen molar-refractivity contribution in [1.29, 1.82) is 0 Å². The number of carbonyl (C=O) groups excluding carboxylic acids is 2. The molecule has 0 unspecified atom stereocenters. The molecule has 27 heavy (non-hydrogen) atoms. The molecule has 6 heteroatoms. The van der Waals surface area contributed by atoms with Crippen LogP contribution >= 0.6 is 0 Å². The predicted molar refractivity (Wildman–Crippen MR) is 106 cm³/mol. The van der Waals surface area contributed by atoms with Gasteiger partial charge in [0.1, 0.15) is 0 Å². The number of piperidine rings is 1. The van der Waals surface area contributed by atoms with Crippen LogP contribution in [0.2, 0.25) is 0 Å². The number of amides is 2. The van der Waals surface area contributed by atoms with E-state index in [4.69, 9.17) is 5.73 Å². The molecule has 0 atom stereocenters. The third kappa shape index (κ3) is 3.31. The molecule has 1 aromatic rings. The Bertz CT molecular complexity index is 730. The van der Waals surface area contributed by atoms with Gasteiger partial charge in [-0.3, -0.25) is 9.59 Å². The average molecular weight is 370 g/mol. The Kier molecular flexibility index (Phi) is 4.84. The lowest BCUT2D eigenvalue weighted by atomic mass is 9.92. The van der Waals surface area contributed by atoms with Crippen LogP contribution in [0.1, 0.15) is 54.4 Å². The van der Waals surface area contributed by atoms with Gasteiger partial charge in [0.15, 0.2) is 0 Å². The lowest BCUT2D eigenvalue weighted by Crippen LogP contribution is -2.44. The third-order valence-corrected chi connectivity index (χ3v) is 6.64. The van der Waals surface area contributed by atoms with Crippen LogP contribution in [0.4, 0.5) is 5.69 Å². The molecule has 146 valence electrons. The number of anilines is 1. The molecule has 0 radical (unpaired) electrons. The Hall–Kier alpha value is -2.08. The fourth-order valence-electron chi connectivity index (χ4n) is 4.57. The highest BCUT2D eigenvalue weighted by Crippen LogP contribution is 2.49. The predicted octanol–water partition coefficient (Wildman–Crippen LogP) is 1.63. The zero-order valence-corrected chi connectivity index (χ0v) is 16.2. The van der Waals surface area contributed by atoms with E-state index >= 15 is 0 Å². The fraction of sp³-hybridized carbons (Fsp3) is 0.619. The van der Waals surface area contributed by atoms with Gasteiger partial charge in [-0.15, -0.1) is 0 Å². The Morgan fingerprint density at radius 3 is 2.33 bits per heavy atom. The van der Waals surface area contributed by atoms with E-state index in [0.29, 0.717) is 6.04 Å². The van der Waals surface area contributed by atoms with Crippen LogP contribution < -0.4 is 16.0 Å². The molecule has 0 aromatic heterocycles. The molecule has 3 aliphatic rings. The van der Waals surface area contributed by atoms with E-state index in [1.807, 2.05) is 24.1 Å². The second kappa shape index (κ2) is 7.15. The summed E-state index contributed by atoms with van der Waals surface area (Å²) in [6.45, 7) is 3.51. The van der Waals surface area contributed by atoms with Crippen LogP contribution in [0.3, 0.4) is 0 Å². The second-order valence-corrected chi connectivity index (χ2v) is 8.23. The van der Waals surface area contributed by atoms with Gasteiger partial charge in [0.2, 0.25) is 5.91 Å². The van der Waals surface area contributed by atoms with Crippen LogP contribution in [0.25, 0.3) is 0 Å². The minimum atomic E-state index is -0.513. The van der Waals surface area contributed by atoms with Crippen LogP contribution in [-0.2, 0) is 10.2 Å². The van der Waals surface area contributed by atoms with Gasteiger partial charge in [0.05, 0.1) is 11.0 Å². The van der Waals surface area contributed by atoms with Crippen molar-refractivity contribution in [2.45, 2.75) is 50.0 Å². The monoisotopic (exact) mass is 370 g/mol. The molecule has 0 bridgehead atoms. The number of primary amides is 1. The lowest BCUT2D eigenvalue weighted by Gasteiger charge is -2.33. The first-order valence-electron chi connectivity index (χ1n) is 10.2. The third-order valence-electron chi connectivity index (χ3n) is 6.64. The summed E-state index contributed by atoms with van der Waals surface area (Å²) in [5.41, 5.74) is 7.89. The van der Waals surface area contributed by atoms with Crippen molar-refractivity contribution in [3.63, 3.8) is 0 Å². The first-order chi connectivity index (χ1) is 13.0. The van der Waals surface area contributed by atoms with Crippen molar-refractivity contribution in [1.82, 2.24) is 10.2 Å². The van der Waals surface area contributed by atoms with Crippen molar-refractivity contribution >= 4 is 17.5 Å². The Morgan fingerprint density at radius 2 is 1.78 bits per heavy atom. The van der Waals surface area contributed by atoms with Gasteiger partial charge < -0.3 is 20.9 Å². The number of nitrogens with two attached hydrogens (primary N) is 1. The zero-order valence-electron chi connectivity index (χ0n) is 16.2. The molecule has 1 aromatic carbocycles. The normalized spacial score (nSPS) is 22.1. The Balaban J connectivity index is 1.63. The first-order valence-corrected chi connectivity index (χ1v) is 10.2. The minimum Gasteiger partial charge on any atom is -0.371 e. The van der Waals surface area contributed by atoms with E-state index in [1.165, 1.54) is 0 Å². The van der Waals surface area contributed by atoms with Crippen molar-refractivity contribution in [3.05, 3.63) is 29.3 Å². The highest BCUT2D eigenvalue weighted by Gasteiger charge is 2.50. The second-order valence-electron chi connectivity index (χ2n) is 8.23. The average Bonchev–Trinajstić information content (AvgIpc) is 3.34. The van der Waals surface area contributed by atoms with E-state index in [9.17, 15) is 9.59 Å². The number of nitrogens with zero attached hydrogens (tertiary/aromatic N) is 2. The van der Waals surface area contributed by atoms with E-state index in [-0.39, 0.29) is 11.8 Å². The topological polar surface area (TPSA) is 78.7 Å². The maximum absolute atomic E-state index is 13.3. The van der Waals surface area contributed by atoms with Gasteiger partial charge in [0, 0.05) is 37.9 Å². The molecular formula is C21H30N4O2. The summed E-state index contributed by atoms with van der Waals surface area (Å²) in [5, 5.41) is 3.31. The zero-order chi connectivity index (χ0) is 19.0. The number of rotatable bonds is 5. The maximum atomic E-state index is 13.3. The highest BCUT2D eigenvalue weighted by molar-refractivity contribution is 6.00. The summed E-state index contributed by atoms with van der Waals surface area (Å²) in [7, 11) is 1.98. The SMILES string of the molecule is CNC1CCN(C(=O)c2ccc(C3(C(N)=O)CC3)cc2N2CCCC2)CC1. The molecule has 2 saturated heterocycles. The fourth-order valence-corrected chi connectivity index (χ4v) is 4.57. The summed E-state index contributed by atoms with van der Waals surface area (Å²) in [5.74, 6) is -0.134. The number of hydrogen-bond donors (Lipinski definition) is 2. The van der Waals surface area contributed by atoms with E-state index in [1.54, 1.807) is 0 Å². The number of carbonyl (C=O) groups is 2. The molecule has 2 heterocycles. The number of benzene rings is 1. The summed E-state index contributed by atoms with van der Waals surface area (Å²) >= 11 is 0. The van der Waals surface area contributed by atoms with Crippen LogP contribution in [-0.4, -0.2) is 56.0 Å². The van der Waals surface area contributed by atoms with Crippen molar-refractivity contribution in [2.24, 2.45) is 5.73 Å². The number of nitrogens with one attached hydrogen (secondary N) is 1. The Labute approximate surface area is 161 Å². The van der Waals surface area contributed by atoms with Gasteiger partial charge in [-0.25, -0.2) is 0 Å². The van der Waals surface area contributed by atoms with E-state index in [2.05, 4.69) is 16.3 Å². The maximum Gasteiger partial charge on any atom is 0.255 e. The molecule has 0 spiro atoms. The standard InChI is InChI=1S/C21H30N4O2/c1-23-16-6-12-25(13-7-16)19(26)17-5-4-15(21(8-9-21)20(22)27)14-18(17)24-10-2-3-11-24/h4-5,14,16,23H,2-3,6-13H2,1H3,(H2,22,27). The minimum absolute atomic E-state index is 0.113. The summed E-state index contributed by atoms with van der Waals surface area (Å²) in [6.07, 6.45) is 5.90. The number of hydrogen-bond acceptors (Lipinski definition) is 4. The molecular weight excluding hydrogens is 340 g/mol. The van der Waals surface area contributed by atoms with Crippen molar-refractivity contribution in [3.8, 4) is 0 Å². The van der Waals surface area contributed by atoms with Gasteiger partial charge >= 0.3 is 0 Å². The van der Waals surface area contributed by atoms with Gasteiger partial charge in [-0.1, -0.05) is 6.07 Å². The van der Waals surface area contributed by atoms with Crippen LogP contribution in [0.5, 0.6) is 0 Å². The highest BCUT2D eigenvalue weighted by atomic mass is 16.2. The largest absolute Gasteiger partial charge is 0.371 e. The molecule has 4 rings (SSSR count). The molecule has 1 saturated carbocycles. The summed E-state index contributed by atoms with van der Waals surface area (Å²) < 4.78 is 0. The van der Waals surface area contributed by atoms with Crippen molar-refractivity contribution < 1.29 is 9.59 Å². The Morgan fingerprint density at radius 1 is 1.11 bits per heavy atom. The van der Waals surface area contributed by atoms with Crippen LogP contribution in [0.15, 0.2) is 18.2 Å². The quantitative estimate of drug-likeness (QED) is 0.826. The molecule has 6 nitrogen and oxygen atoms in total. The molecule has 3 fully saturated rings. The summed E-state index contributed by atoms with van der Waals surface area (Å²) in [4.78, 5) is 29.5. The molecule has 1 aliphatic carbocycles. The first kappa shape index (κ1) is 18.3. The van der Waals surface area contributed by atoms with Gasteiger partial charge in [-0.05, 0) is 63.3 Å². The van der Waals surface area contributed by atoms with Crippen LogP contribution in [0, 0.1) is 0 Å². The van der Waals surface area contributed by atoms with Gasteiger partial charge in [-0.2, -0.15) is 0 Å². The lowest BCUT2D eigenvalue weighted by molar-refractivity contribution is -0.120. The van der Waals surface area contributed by atoms with E-state index < -0.39 is 5.41 Å². The van der Waals surface area contributed by atoms with E-state index in [0.717, 1.165) is 81.5 Å².